The van der Waals surface area contributed by atoms with Crippen molar-refractivity contribution in [2.45, 2.75) is 0 Å². The Morgan fingerprint density at radius 1 is 0.788 bits per heavy atom. The van der Waals surface area contributed by atoms with E-state index >= 15 is 0 Å². The van der Waals surface area contributed by atoms with Gasteiger partial charge in [-0.25, -0.2) is 14.0 Å². The van der Waals surface area contributed by atoms with Gasteiger partial charge in [-0.3, -0.25) is 19.7 Å². The van der Waals surface area contributed by atoms with E-state index in [2.05, 4.69) is 5.32 Å². The van der Waals surface area contributed by atoms with E-state index in [0.29, 0.717) is 0 Å². The fraction of sp³-hybridized carbons (Fsp3) is 0.0417. The Hall–Kier alpha value is -4.66. The molecule has 3 aromatic carbocycles. The third-order valence-corrected chi connectivity index (χ3v) is 4.88. The number of ketones is 2. The molecular weight excluding hydrogens is 431 g/mol. The predicted molar refractivity (Wildman–Crippen MR) is 114 cm³/mol. The van der Waals surface area contributed by atoms with E-state index in [1.54, 1.807) is 12.1 Å². The van der Waals surface area contributed by atoms with Crippen LogP contribution < -0.4 is 10.6 Å². The average Bonchev–Trinajstić information content (AvgIpc) is 2.82. The van der Waals surface area contributed by atoms with Crippen LogP contribution in [-0.2, 0) is 9.53 Å². The van der Waals surface area contributed by atoms with Gasteiger partial charge in [0.2, 0.25) is 0 Å². The molecule has 8 nitrogen and oxygen atoms in total. The zero-order chi connectivity index (χ0) is 23.5. The Balaban J connectivity index is 1.44. The molecule has 0 bridgehead atoms. The van der Waals surface area contributed by atoms with Gasteiger partial charge in [-0.05, 0) is 18.2 Å². The van der Waals surface area contributed by atoms with E-state index in [0.717, 1.165) is 6.07 Å². The number of imide groups is 1. The lowest BCUT2D eigenvalue weighted by molar-refractivity contribution is -0.123. The molecule has 164 valence electrons. The van der Waals surface area contributed by atoms with Gasteiger partial charge >= 0.3 is 12.0 Å². The van der Waals surface area contributed by atoms with E-state index < -0.39 is 41.9 Å². The lowest BCUT2D eigenvalue weighted by Crippen LogP contribution is -2.37. The van der Waals surface area contributed by atoms with Crippen molar-refractivity contribution >= 4 is 35.2 Å². The number of nitrogens with one attached hydrogen (secondary N) is 2. The lowest BCUT2D eigenvalue weighted by atomic mass is 9.82. The molecule has 0 unspecified atom stereocenters. The fourth-order valence-electron chi connectivity index (χ4n) is 3.40. The molecule has 2 N–H and O–H groups in total. The molecule has 1 aliphatic rings. The number of hydrogen-bond acceptors (Lipinski definition) is 6. The number of anilines is 1. The molecule has 33 heavy (non-hydrogen) atoms. The SMILES string of the molecule is O=C(COC(=O)c1cccc2c1C(=O)c1ccccc1C2=O)NC(=O)Nc1ccccc1F. The number of hydrogen-bond donors (Lipinski definition) is 2. The first-order valence-electron chi connectivity index (χ1n) is 9.70. The van der Waals surface area contributed by atoms with Crippen LogP contribution in [0.3, 0.4) is 0 Å². The zero-order valence-electron chi connectivity index (χ0n) is 16.9. The fourth-order valence-corrected chi connectivity index (χ4v) is 3.40. The Kier molecular flexibility index (Phi) is 5.77. The largest absolute Gasteiger partial charge is 0.452 e. The van der Waals surface area contributed by atoms with Gasteiger partial charge in [-0.15, -0.1) is 0 Å². The highest BCUT2D eigenvalue weighted by molar-refractivity contribution is 6.30. The summed E-state index contributed by atoms with van der Waals surface area (Å²) in [7, 11) is 0. The van der Waals surface area contributed by atoms with Gasteiger partial charge in [0.15, 0.2) is 18.2 Å². The van der Waals surface area contributed by atoms with Crippen molar-refractivity contribution in [2.24, 2.45) is 0 Å². The molecule has 0 heterocycles. The minimum absolute atomic E-state index is 0.0573. The van der Waals surface area contributed by atoms with Crippen molar-refractivity contribution in [3.63, 3.8) is 0 Å². The van der Waals surface area contributed by atoms with E-state index in [1.165, 1.54) is 48.5 Å². The van der Waals surface area contributed by atoms with Crippen LogP contribution in [0.15, 0.2) is 66.7 Å². The molecule has 0 aromatic heterocycles. The third kappa shape index (κ3) is 4.24. The Morgan fingerprint density at radius 3 is 2.15 bits per heavy atom. The summed E-state index contributed by atoms with van der Waals surface area (Å²) < 4.78 is 18.5. The van der Waals surface area contributed by atoms with Crippen LogP contribution in [0.25, 0.3) is 0 Å². The summed E-state index contributed by atoms with van der Waals surface area (Å²) >= 11 is 0. The topological polar surface area (TPSA) is 119 Å². The van der Waals surface area contributed by atoms with E-state index in [9.17, 15) is 28.4 Å². The summed E-state index contributed by atoms with van der Waals surface area (Å²) in [6.07, 6.45) is 0. The van der Waals surface area contributed by atoms with Crippen molar-refractivity contribution in [2.75, 3.05) is 11.9 Å². The van der Waals surface area contributed by atoms with Crippen LogP contribution in [0.4, 0.5) is 14.9 Å². The number of esters is 1. The van der Waals surface area contributed by atoms with Crippen LogP contribution in [0, 0.1) is 5.82 Å². The number of halogens is 1. The number of fused-ring (bicyclic) bond motifs is 2. The van der Waals surface area contributed by atoms with Gasteiger partial charge in [0.25, 0.3) is 5.91 Å². The van der Waals surface area contributed by atoms with E-state index in [4.69, 9.17) is 4.74 Å². The number of urea groups is 1. The van der Waals surface area contributed by atoms with Crippen LogP contribution in [0.1, 0.15) is 42.2 Å². The van der Waals surface area contributed by atoms with Crippen molar-refractivity contribution in [3.05, 3.63) is 100 Å². The average molecular weight is 446 g/mol. The Bertz CT molecular complexity index is 1330. The number of benzene rings is 3. The molecule has 0 atom stereocenters. The summed E-state index contributed by atoms with van der Waals surface area (Å²) in [4.78, 5) is 62.1. The van der Waals surface area contributed by atoms with Crippen LogP contribution in [0.5, 0.6) is 0 Å². The highest BCUT2D eigenvalue weighted by Gasteiger charge is 2.33. The number of carbonyl (C=O) groups is 5. The van der Waals surface area contributed by atoms with Crippen molar-refractivity contribution in [1.82, 2.24) is 5.32 Å². The van der Waals surface area contributed by atoms with Crippen LogP contribution in [0.2, 0.25) is 0 Å². The summed E-state index contributed by atoms with van der Waals surface area (Å²) in [5.74, 6) is -3.60. The second kappa shape index (κ2) is 8.83. The first kappa shape index (κ1) is 21.6. The molecule has 0 spiro atoms. The second-order valence-corrected chi connectivity index (χ2v) is 6.99. The maximum absolute atomic E-state index is 13.6. The summed E-state index contributed by atoms with van der Waals surface area (Å²) in [6.45, 7) is -0.841. The number of carbonyl (C=O) groups excluding carboxylic acids is 5. The highest BCUT2D eigenvalue weighted by atomic mass is 19.1. The van der Waals surface area contributed by atoms with Crippen LogP contribution >= 0.6 is 0 Å². The van der Waals surface area contributed by atoms with Crippen molar-refractivity contribution < 1.29 is 33.1 Å². The lowest BCUT2D eigenvalue weighted by Gasteiger charge is -2.19. The normalized spacial score (nSPS) is 11.8. The summed E-state index contributed by atoms with van der Waals surface area (Å²) in [5.41, 5.74) is 0.0347. The molecule has 3 aromatic rings. The number of rotatable bonds is 4. The monoisotopic (exact) mass is 446 g/mol. The standard InChI is InChI=1S/C24H15FN2O6/c25-17-10-3-4-11-18(17)26-24(32)27-19(28)12-33-23(31)16-9-5-8-15-20(16)22(30)14-7-2-1-6-13(14)21(15)29/h1-11H,12H2,(H2,26,27,28,32). The van der Waals surface area contributed by atoms with Crippen molar-refractivity contribution in [1.29, 1.82) is 0 Å². The third-order valence-electron chi connectivity index (χ3n) is 4.88. The minimum Gasteiger partial charge on any atom is -0.452 e. The molecule has 0 saturated heterocycles. The van der Waals surface area contributed by atoms with Gasteiger partial charge in [0.05, 0.1) is 11.3 Å². The molecule has 0 radical (unpaired) electrons. The van der Waals surface area contributed by atoms with Crippen LogP contribution in [-0.4, -0.2) is 36.1 Å². The van der Waals surface area contributed by atoms with Gasteiger partial charge in [-0.1, -0.05) is 48.5 Å². The van der Waals surface area contributed by atoms with Gasteiger partial charge < -0.3 is 10.1 Å². The minimum atomic E-state index is -1.02. The number of amides is 3. The van der Waals surface area contributed by atoms with Crippen molar-refractivity contribution in [3.8, 4) is 0 Å². The summed E-state index contributed by atoms with van der Waals surface area (Å²) in [6, 6.07) is 14.8. The molecule has 0 saturated carbocycles. The maximum atomic E-state index is 13.6. The molecular formula is C24H15FN2O6. The highest BCUT2D eigenvalue weighted by Crippen LogP contribution is 2.29. The van der Waals surface area contributed by atoms with Gasteiger partial charge in [-0.2, -0.15) is 0 Å². The molecule has 0 aliphatic heterocycles. The molecule has 4 rings (SSSR count). The quantitative estimate of drug-likeness (QED) is 0.465. The van der Waals surface area contributed by atoms with E-state index in [1.807, 2.05) is 5.32 Å². The molecule has 1 aliphatic carbocycles. The molecule has 0 fully saturated rings. The molecule has 9 heteroatoms. The Morgan fingerprint density at radius 2 is 1.42 bits per heavy atom. The maximum Gasteiger partial charge on any atom is 0.339 e. The summed E-state index contributed by atoms with van der Waals surface area (Å²) in [5, 5.41) is 4.05. The first-order chi connectivity index (χ1) is 15.9. The number of ether oxygens (including phenoxy) is 1. The zero-order valence-corrected chi connectivity index (χ0v) is 16.9. The van der Waals surface area contributed by atoms with Gasteiger partial charge in [0.1, 0.15) is 5.82 Å². The first-order valence-corrected chi connectivity index (χ1v) is 9.70. The number of para-hydroxylation sites is 1. The predicted octanol–water partition coefficient (Wildman–Crippen LogP) is 3.11. The van der Waals surface area contributed by atoms with Gasteiger partial charge in [0, 0.05) is 22.3 Å². The smallest absolute Gasteiger partial charge is 0.339 e. The Labute approximate surface area is 186 Å². The second-order valence-electron chi connectivity index (χ2n) is 6.99. The van der Waals surface area contributed by atoms with E-state index in [-0.39, 0.29) is 33.5 Å². The molecule has 3 amide bonds.